The molecule has 3 nitrogen and oxygen atoms in total. The van der Waals surface area contributed by atoms with Crippen molar-refractivity contribution in [3.63, 3.8) is 0 Å². The Morgan fingerprint density at radius 3 is 2.10 bits per heavy atom. The molecule has 0 spiro atoms. The van der Waals surface area contributed by atoms with Crippen LogP contribution in [-0.4, -0.2) is 23.7 Å². The fraction of sp³-hybridized carbons (Fsp3) is 0.250. The second-order valence-electron chi connectivity index (χ2n) is 4.36. The van der Waals surface area contributed by atoms with Crippen LogP contribution in [0.15, 0.2) is 54.6 Å². The summed E-state index contributed by atoms with van der Waals surface area (Å²) in [6.07, 6.45) is -0.648. The van der Waals surface area contributed by atoms with E-state index in [0.29, 0.717) is 12.4 Å². The molecule has 0 aliphatic carbocycles. The van der Waals surface area contributed by atoms with Gasteiger partial charge in [0.2, 0.25) is 0 Å². The average Bonchev–Trinajstić information content (AvgIpc) is 2.52. The Morgan fingerprint density at radius 2 is 1.50 bits per heavy atom. The summed E-state index contributed by atoms with van der Waals surface area (Å²) in [4.78, 5) is 0. The van der Waals surface area contributed by atoms with Crippen LogP contribution in [-0.2, 0) is 6.61 Å². The molecule has 106 valence electrons. The lowest BCUT2D eigenvalue weighted by Crippen LogP contribution is -2.18. The van der Waals surface area contributed by atoms with E-state index in [1.807, 2.05) is 42.5 Å². The number of alkyl halides is 1. The average molecular weight is 293 g/mol. The molecule has 2 aromatic rings. The smallest absolute Gasteiger partial charge is 0.120 e. The van der Waals surface area contributed by atoms with Crippen molar-refractivity contribution in [2.24, 2.45) is 0 Å². The predicted molar refractivity (Wildman–Crippen MR) is 79.4 cm³/mol. The molecule has 1 N–H and O–H groups in total. The molecule has 0 aliphatic heterocycles. The van der Waals surface area contributed by atoms with E-state index in [1.54, 1.807) is 12.1 Å². The molecule has 20 heavy (non-hydrogen) atoms. The molecule has 0 fully saturated rings. The van der Waals surface area contributed by atoms with Gasteiger partial charge in [-0.2, -0.15) is 0 Å². The van der Waals surface area contributed by atoms with Crippen LogP contribution in [0.5, 0.6) is 11.5 Å². The van der Waals surface area contributed by atoms with Crippen molar-refractivity contribution in [3.05, 3.63) is 60.2 Å². The number of halogens is 1. The monoisotopic (exact) mass is 292 g/mol. The number of ether oxygens (including phenoxy) is 2. The Hall–Kier alpha value is -1.71. The summed E-state index contributed by atoms with van der Waals surface area (Å²) in [7, 11) is 0. The minimum atomic E-state index is -0.648. The molecule has 0 radical (unpaired) electrons. The SMILES string of the molecule is O[C@H](CCl)COc1ccc(OCc2ccccc2)cc1. The zero-order chi connectivity index (χ0) is 14.2. The van der Waals surface area contributed by atoms with Crippen molar-refractivity contribution in [2.45, 2.75) is 12.7 Å². The molecule has 0 saturated carbocycles. The van der Waals surface area contributed by atoms with Gasteiger partial charge in [-0.1, -0.05) is 30.3 Å². The molecule has 0 aliphatic rings. The van der Waals surface area contributed by atoms with Gasteiger partial charge in [-0.05, 0) is 29.8 Å². The molecule has 1 atom stereocenters. The van der Waals surface area contributed by atoms with Crippen LogP contribution >= 0.6 is 11.6 Å². The number of benzene rings is 2. The van der Waals surface area contributed by atoms with Gasteiger partial charge in [-0.3, -0.25) is 0 Å². The summed E-state index contributed by atoms with van der Waals surface area (Å²) in [5, 5.41) is 9.30. The fourth-order valence-electron chi connectivity index (χ4n) is 1.61. The van der Waals surface area contributed by atoms with E-state index in [4.69, 9.17) is 21.1 Å². The second kappa shape index (κ2) is 7.78. The van der Waals surface area contributed by atoms with Crippen LogP contribution in [0.2, 0.25) is 0 Å². The fourth-order valence-corrected chi connectivity index (χ4v) is 1.70. The lowest BCUT2D eigenvalue weighted by Gasteiger charge is -2.10. The van der Waals surface area contributed by atoms with Crippen molar-refractivity contribution in [1.29, 1.82) is 0 Å². The second-order valence-corrected chi connectivity index (χ2v) is 4.67. The van der Waals surface area contributed by atoms with Crippen molar-refractivity contribution >= 4 is 11.6 Å². The summed E-state index contributed by atoms with van der Waals surface area (Å²) in [5.41, 5.74) is 1.12. The van der Waals surface area contributed by atoms with Crippen LogP contribution in [0.25, 0.3) is 0 Å². The Bertz CT molecular complexity index is 499. The maximum atomic E-state index is 9.30. The molecular formula is C16H17ClO3. The number of aliphatic hydroxyl groups is 1. The number of aliphatic hydroxyl groups excluding tert-OH is 1. The van der Waals surface area contributed by atoms with Crippen LogP contribution in [0.1, 0.15) is 5.56 Å². The van der Waals surface area contributed by atoms with E-state index in [9.17, 15) is 5.11 Å². The minimum absolute atomic E-state index is 0.165. The molecule has 0 bridgehead atoms. The molecule has 0 saturated heterocycles. The topological polar surface area (TPSA) is 38.7 Å². The van der Waals surface area contributed by atoms with Gasteiger partial charge < -0.3 is 14.6 Å². The summed E-state index contributed by atoms with van der Waals surface area (Å²) in [6.45, 7) is 0.722. The highest BCUT2D eigenvalue weighted by atomic mass is 35.5. The standard InChI is InChI=1S/C16H17ClO3/c17-10-14(18)12-20-16-8-6-15(7-9-16)19-11-13-4-2-1-3-5-13/h1-9,14,18H,10-12H2/t14-/m1/s1. The Morgan fingerprint density at radius 1 is 0.900 bits per heavy atom. The Labute approximate surface area is 123 Å². The lowest BCUT2D eigenvalue weighted by atomic mass is 10.2. The van der Waals surface area contributed by atoms with Gasteiger partial charge in [0, 0.05) is 0 Å². The molecule has 0 heterocycles. The molecule has 2 aromatic carbocycles. The van der Waals surface area contributed by atoms with E-state index >= 15 is 0 Å². The van der Waals surface area contributed by atoms with Gasteiger partial charge in [0.15, 0.2) is 0 Å². The van der Waals surface area contributed by atoms with Crippen LogP contribution in [0.3, 0.4) is 0 Å². The summed E-state index contributed by atoms with van der Waals surface area (Å²) in [5.74, 6) is 1.62. The van der Waals surface area contributed by atoms with E-state index in [1.165, 1.54) is 0 Å². The number of rotatable bonds is 7. The van der Waals surface area contributed by atoms with Gasteiger partial charge in [0.1, 0.15) is 30.8 Å². The van der Waals surface area contributed by atoms with Crippen molar-refractivity contribution in [1.82, 2.24) is 0 Å². The first-order chi connectivity index (χ1) is 9.78. The Kier molecular flexibility index (Phi) is 5.71. The molecule has 2 rings (SSSR count). The molecule has 0 aromatic heterocycles. The third-order valence-electron chi connectivity index (χ3n) is 2.69. The van der Waals surface area contributed by atoms with Crippen molar-refractivity contribution < 1.29 is 14.6 Å². The van der Waals surface area contributed by atoms with Crippen LogP contribution in [0.4, 0.5) is 0 Å². The van der Waals surface area contributed by atoms with Gasteiger partial charge in [-0.25, -0.2) is 0 Å². The van der Waals surface area contributed by atoms with Crippen LogP contribution < -0.4 is 9.47 Å². The summed E-state index contributed by atoms with van der Waals surface area (Å²) < 4.78 is 11.1. The molecule has 4 heteroatoms. The highest BCUT2D eigenvalue weighted by molar-refractivity contribution is 6.18. The van der Waals surface area contributed by atoms with Gasteiger partial charge in [0.05, 0.1) is 5.88 Å². The zero-order valence-electron chi connectivity index (χ0n) is 11.0. The van der Waals surface area contributed by atoms with E-state index < -0.39 is 6.10 Å². The molecule has 0 unspecified atom stereocenters. The van der Waals surface area contributed by atoms with Crippen molar-refractivity contribution in [2.75, 3.05) is 12.5 Å². The quantitative estimate of drug-likeness (QED) is 0.796. The third kappa shape index (κ3) is 4.76. The highest BCUT2D eigenvalue weighted by Gasteiger charge is 2.03. The van der Waals surface area contributed by atoms with Gasteiger partial charge in [-0.15, -0.1) is 11.6 Å². The van der Waals surface area contributed by atoms with Gasteiger partial charge >= 0.3 is 0 Å². The largest absolute Gasteiger partial charge is 0.491 e. The number of hydrogen-bond donors (Lipinski definition) is 1. The summed E-state index contributed by atoms with van der Waals surface area (Å²) in [6, 6.07) is 17.3. The normalized spacial score (nSPS) is 11.9. The first-order valence-corrected chi connectivity index (χ1v) is 6.95. The molecule has 0 amide bonds. The van der Waals surface area contributed by atoms with Crippen molar-refractivity contribution in [3.8, 4) is 11.5 Å². The highest BCUT2D eigenvalue weighted by Crippen LogP contribution is 2.18. The Balaban J connectivity index is 1.82. The van der Waals surface area contributed by atoms with E-state index in [2.05, 4.69) is 0 Å². The number of hydrogen-bond acceptors (Lipinski definition) is 3. The predicted octanol–water partition coefficient (Wildman–Crippen LogP) is 3.24. The third-order valence-corrected chi connectivity index (χ3v) is 3.05. The summed E-state index contributed by atoms with van der Waals surface area (Å²) >= 11 is 5.49. The van der Waals surface area contributed by atoms with E-state index in [-0.39, 0.29) is 12.5 Å². The van der Waals surface area contributed by atoms with Crippen LogP contribution in [0, 0.1) is 0 Å². The maximum absolute atomic E-state index is 9.30. The first-order valence-electron chi connectivity index (χ1n) is 6.41. The zero-order valence-corrected chi connectivity index (χ0v) is 11.8. The minimum Gasteiger partial charge on any atom is -0.491 e. The lowest BCUT2D eigenvalue weighted by molar-refractivity contribution is 0.125. The molecular weight excluding hydrogens is 276 g/mol. The first kappa shape index (κ1) is 14.7. The van der Waals surface area contributed by atoms with E-state index in [0.717, 1.165) is 11.3 Å². The van der Waals surface area contributed by atoms with Gasteiger partial charge in [0.25, 0.3) is 0 Å². The maximum Gasteiger partial charge on any atom is 0.120 e.